The molecule has 5 nitrogen and oxygen atoms in total. The highest BCUT2D eigenvalue weighted by Gasteiger charge is 2.36. The molecule has 0 aromatic heterocycles. The van der Waals surface area contributed by atoms with Crippen molar-refractivity contribution in [2.24, 2.45) is 0 Å². The van der Waals surface area contributed by atoms with Crippen LogP contribution in [0.3, 0.4) is 0 Å². The summed E-state index contributed by atoms with van der Waals surface area (Å²) in [6, 6.07) is 13.9. The Balaban J connectivity index is 1.74. The maximum atomic E-state index is 12.5. The van der Waals surface area contributed by atoms with Gasteiger partial charge in [-0.05, 0) is 47.7 Å². The first-order valence-corrected chi connectivity index (χ1v) is 9.27. The van der Waals surface area contributed by atoms with E-state index in [1.165, 1.54) is 0 Å². The number of imide groups is 1. The van der Waals surface area contributed by atoms with Crippen LogP contribution in [0.1, 0.15) is 15.9 Å². The van der Waals surface area contributed by atoms with Crippen molar-refractivity contribution in [1.29, 1.82) is 0 Å². The predicted octanol–water partition coefficient (Wildman–Crippen LogP) is 4.38. The van der Waals surface area contributed by atoms with Crippen LogP contribution in [0.5, 0.6) is 5.75 Å². The lowest BCUT2D eigenvalue weighted by Crippen LogP contribution is -2.33. The third-order valence-corrected chi connectivity index (χ3v) is 5.19. The number of carbonyl (C=O) groups excluding carboxylic acids is 3. The monoisotopic (exact) mass is 431 g/mol. The van der Waals surface area contributed by atoms with Crippen molar-refractivity contribution in [3.05, 3.63) is 69.0 Å². The number of ether oxygens (including phenoxy) is 1. The number of amides is 2. The molecule has 0 N–H and O–H groups in total. The third-order valence-electron chi connectivity index (χ3n) is 3.76. The lowest BCUT2D eigenvalue weighted by atomic mass is 10.1. The Morgan fingerprint density at radius 2 is 1.77 bits per heavy atom. The van der Waals surface area contributed by atoms with Crippen molar-refractivity contribution in [1.82, 2.24) is 4.90 Å². The smallest absolute Gasteiger partial charge is 0.293 e. The molecule has 0 unspecified atom stereocenters. The van der Waals surface area contributed by atoms with Crippen molar-refractivity contribution < 1.29 is 19.1 Å². The Bertz CT molecular complexity index is 891. The van der Waals surface area contributed by atoms with Gasteiger partial charge in [-0.15, -0.1) is 0 Å². The second kappa shape index (κ2) is 7.88. The Labute approximate surface area is 163 Å². The fourth-order valence-electron chi connectivity index (χ4n) is 2.36. The van der Waals surface area contributed by atoms with Gasteiger partial charge in [-0.25, -0.2) is 0 Å². The summed E-state index contributed by atoms with van der Waals surface area (Å²) in [5.41, 5.74) is 1.22. The lowest BCUT2D eigenvalue weighted by Gasteiger charge is -2.11. The van der Waals surface area contributed by atoms with Gasteiger partial charge in [-0.3, -0.25) is 19.3 Å². The van der Waals surface area contributed by atoms with E-state index in [1.807, 2.05) is 0 Å². The molecule has 2 aromatic rings. The zero-order chi connectivity index (χ0) is 18.7. The summed E-state index contributed by atoms with van der Waals surface area (Å²) in [5.74, 6) is -0.0397. The molecule has 1 fully saturated rings. The van der Waals surface area contributed by atoms with Gasteiger partial charge in [0.15, 0.2) is 5.78 Å². The van der Waals surface area contributed by atoms with E-state index < -0.39 is 11.1 Å². The molecule has 2 amide bonds. The highest BCUT2D eigenvalue weighted by Crippen LogP contribution is 2.32. The number of methoxy groups -OCH3 is 1. The molecule has 1 heterocycles. The molecule has 0 aliphatic carbocycles. The Hall–Kier alpha value is -2.38. The minimum Gasteiger partial charge on any atom is -0.497 e. The van der Waals surface area contributed by atoms with Crippen LogP contribution in [0.25, 0.3) is 6.08 Å². The minimum absolute atomic E-state index is 0.272. The van der Waals surface area contributed by atoms with E-state index in [-0.39, 0.29) is 12.3 Å². The first-order chi connectivity index (χ1) is 12.5. The van der Waals surface area contributed by atoms with Gasteiger partial charge in [0.25, 0.3) is 11.1 Å². The predicted molar refractivity (Wildman–Crippen MR) is 104 cm³/mol. The molecule has 0 atom stereocenters. The van der Waals surface area contributed by atoms with Crippen LogP contribution < -0.4 is 4.74 Å². The molecule has 7 heteroatoms. The Morgan fingerprint density at radius 1 is 1.12 bits per heavy atom. The average molecular weight is 432 g/mol. The van der Waals surface area contributed by atoms with Gasteiger partial charge in [-0.2, -0.15) is 0 Å². The van der Waals surface area contributed by atoms with E-state index in [2.05, 4.69) is 15.9 Å². The van der Waals surface area contributed by atoms with Crippen LogP contribution in [0.4, 0.5) is 4.79 Å². The quantitative estimate of drug-likeness (QED) is 0.519. The fourth-order valence-corrected chi connectivity index (χ4v) is 3.46. The highest BCUT2D eigenvalue weighted by molar-refractivity contribution is 9.10. The number of benzene rings is 2. The number of thioether (sulfide) groups is 1. The lowest BCUT2D eigenvalue weighted by molar-refractivity contribution is -0.122. The standard InChI is InChI=1S/C19H14BrNO4S/c1-25-15-8-2-12(3-9-15)10-17-18(23)21(19(24)26-17)11-16(22)13-4-6-14(20)7-5-13/h2-10H,11H2,1H3/b17-10+. The highest BCUT2D eigenvalue weighted by atomic mass is 79.9. The van der Waals surface area contributed by atoms with Crippen molar-refractivity contribution in [2.45, 2.75) is 0 Å². The number of nitrogens with zero attached hydrogens (tertiary/aromatic N) is 1. The number of halogens is 1. The van der Waals surface area contributed by atoms with Crippen LogP contribution in [0.15, 0.2) is 57.9 Å². The van der Waals surface area contributed by atoms with Crippen LogP contribution >= 0.6 is 27.7 Å². The number of hydrogen-bond acceptors (Lipinski definition) is 5. The zero-order valence-electron chi connectivity index (χ0n) is 13.8. The molecule has 26 heavy (non-hydrogen) atoms. The molecule has 1 saturated heterocycles. The van der Waals surface area contributed by atoms with Crippen LogP contribution in [-0.2, 0) is 4.79 Å². The summed E-state index contributed by atoms with van der Waals surface area (Å²) in [7, 11) is 1.57. The fraction of sp³-hybridized carbons (Fsp3) is 0.105. The normalized spacial score (nSPS) is 15.6. The number of Topliss-reactive ketones (excluding diaryl/α,β-unsaturated/α-hetero) is 1. The van der Waals surface area contributed by atoms with Gasteiger partial charge in [0, 0.05) is 10.0 Å². The van der Waals surface area contributed by atoms with Gasteiger partial charge >= 0.3 is 0 Å². The van der Waals surface area contributed by atoms with Crippen molar-refractivity contribution >= 4 is 50.7 Å². The first kappa shape index (κ1) is 18.4. The Kier molecular flexibility index (Phi) is 5.58. The van der Waals surface area contributed by atoms with E-state index in [0.717, 1.165) is 26.7 Å². The van der Waals surface area contributed by atoms with E-state index in [0.29, 0.717) is 16.2 Å². The summed E-state index contributed by atoms with van der Waals surface area (Å²) in [5, 5.41) is -0.444. The number of hydrogen-bond donors (Lipinski definition) is 0. The first-order valence-electron chi connectivity index (χ1n) is 7.66. The molecule has 1 aliphatic rings. The average Bonchev–Trinajstić information content (AvgIpc) is 2.90. The molecule has 0 radical (unpaired) electrons. The van der Waals surface area contributed by atoms with E-state index in [9.17, 15) is 14.4 Å². The molecule has 0 bridgehead atoms. The maximum Gasteiger partial charge on any atom is 0.293 e. The van der Waals surface area contributed by atoms with Gasteiger partial charge in [0.2, 0.25) is 0 Å². The summed E-state index contributed by atoms with van der Waals surface area (Å²) >= 11 is 4.14. The van der Waals surface area contributed by atoms with Crippen LogP contribution in [-0.4, -0.2) is 35.5 Å². The summed E-state index contributed by atoms with van der Waals surface area (Å²) in [6.07, 6.45) is 1.63. The summed E-state index contributed by atoms with van der Waals surface area (Å²) in [6.45, 7) is -0.272. The van der Waals surface area contributed by atoms with Crippen LogP contribution in [0, 0.1) is 0 Å². The van der Waals surface area contributed by atoms with Crippen molar-refractivity contribution in [3.8, 4) is 5.75 Å². The topological polar surface area (TPSA) is 63.7 Å². The molecule has 132 valence electrons. The van der Waals surface area contributed by atoms with Crippen molar-refractivity contribution in [2.75, 3.05) is 13.7 Å². The number of rotatable bonds is 5. The Morgan fingerprint density at radius 3 is 2.38 bits per heavy atom. The molecule has 1 aliphatic heterocycles. The molecule has 0 saturated carbocycles. The third kappa shape index (κ3) is 4.05. The van der Waals surface area contributed by atoms with Crippen LogP contribution in [0.2, 0.25) is 0 Å². The van der Waals surface area contributed by atoms with Gasteiger partial charge in [0.05, 0.1) is 18.6 Å². The SMILES string of the molecule is COc1ccc(/C=C2/SC(=O)N(CC(=O)c3ccc(Br)cc3)C2=O)cc1. The summed E-state index contributed by atoms with van der Waals surface area (Å²) < 4.78 is 5.94. The molecule has 0 spiro atoms. The van der Waals surface area contributed by atoms with E-state index in [4.69, 9.17) is 4.74 Å². The summed E-state index contributed by atoms with van der Waals surface area (Å²) in [4.78, 5) is 38.3. The molecular weight excluding hydrogens is 418 g/mol. The minimum atomic E-state index is -0.457. The van der Waals surface area contributed by atoms with Gasteiger partial charge < -0.3 is 4.74 Å². The number of ketones is 1. The second-order valence-corrected chi connectivity index (χ2v) is 7.38. The zero-order valence-corrected chi connectivity index (χ0v) is 16.2. The maximum absolute atomic E-state index is 12.5. The molecule has 3 rings (SSSR count). The number of carbonyl (C=O) groups is 3. The molecular formula is C19H14BrNO4S. The second-order valence-electron chi connectivity index (χ2n) is 5.47. The van der Waals surface area contributed by atoms with Gasteiger partial charge in [-0.1, -0.05) is 40.2 Å². The van der Waals surface area contributed by atoms with Crippen molar-refractivity contribution in [3.63, 3.8) is 0 Å². The largest absolute Gasteiger partial charge is 0.497 e. The van der Waals surface area contributed by atoms with E-state index >= 15 is 0 Å². The molecule has 2 aromatic carbocycles. The van der Waals surface area contributed by atoms with Gasteiger partial charge in [0.1, 0.15) is 5.75 Å². The van der Waals surface area contributed by atoms with E-state index in [1.54, 1.807) is 61.7 Å².